The molecule has 2 aromatic carbocycles. The molecular weight excluding hydrogens is 278 g/mol. The van der Waals surface area contributed by atoms with Crippen molar-refractivity contribution >= 4 is 16.9 Å². The summed E-state index contributed by atoms with van der Waals surface area (Å²) in [6.07, 6.45) is 0. The van der Waals surface area contributed by atoms with Crippen molar-refractivity contribution in [3.63, 3.8) is 0 Å². The van der Waals surface area contributed by atoms with E-state index in [1.807, 2.05) is 47.9 Å². The molecule has 0 saturated carbocycles. The number of aromatic carboxylic acids is 1. The lowest BCUT2D eigenvalue weighted by Crippen LogP contribution is -2.23. The van der Waals surface area contributed by atoms with Gasteiger partial charge in [-0.05, 0) is 49.7 Å². The molecule has 0 aliphatic rings. The van der Waals surface area contributed by atoms with Crippen LogP contribution in [0.15, 0.2) is 42.5 Å². The summed E-state index contributed by atoms with van der Waals surface area (Å²) in [6, 6.07) is 13.4. The molecule has 1 aromatic heterocycles. The summed E-state index contributed by atoms with van der Waals surface area (Å²) in [6.45, 7) is 3.80. The molecule has 22 heavy (non-hydrogen) atoms. The van der Waals surface area contributed by atoms with Crippen LogP contribution < -0.4 is 9.84 Å². The SMILES string of the molecule is COc1ccc2c(c1)c(C(=O)[O-])c(C)n2-c1cccc(C)c1. The van der Waals surface area contributed by atoms with E-state index in [0.29, 0.717) is 16.8 Å². The van der Waals surface area contributed by atoms with E-state index in [9.17, 15) is 9.90 Å². The molecule has 0 radical (unpaired) electrons. The van der Waals surface area contributed by atoms with Gasteiger partial charge in [0.15, 0.2) is 0 Å². The van der Waals surface area contributed by atoms with Crippen molar-refractivity contribution in [2.45, 2.75) is 13.8 Å². The highest BCUT2D eigenvalue weighted by Gasteiger charge is 2.16. The van der Waals surface area contributed by atoms with E-state index in [-0.39, 0.29) is 5.56 Å². The zero-order valence-corrected chi connectivity index (χ0v) is 12.7. The maximum absolute atomic E-state index is 11.6. The van der Waals surface area contributed by atoms with Crippen LogP contribution in [0.1, 0.15) is 21.6 Å². The fourth-order valence-corrected chi connectivity index (χ4v) is 2.88. The molecule has 4 heteroatoms. The lowest BCUT2D eigenvalue weighted by molar-refractivity contribution is -0.254. The summed E-state index contributed by atoms with van der Waals surface area (Å²) >= 11 is 0. The number of aromatic nitrogens is 1. The highest BCUT2D eigenvalue weighted by molar-refractivity contribution is 6.05. The van der Waals surface area contributed by atoms with Crippen LogP contribution in [0.25, 0.3) is 16.6 Å². The van der Waals surface area contributed by atoms with Crippen molar-refractivity contribution in [2.75, 3.05) is 7.11 Å². The molecule has 0 aliphatic carbocycles. The van der Waals surface area contributed by atoms with Gasteiger partial charge in [-0.2, -0.15) is 0 Å². The maximum Gasteiger partial charge on any atom is 0.119 e. The number of ether oxygens (including phenoxy) is 1. The van der Waals surface area contributed by atoms with Gasteiger partial charge in [0.25, 0.3) is 0 Å². The Labute approximate surface area is 128 Å². The predicted octanol–water partition coefficient (Wildman–Crippen LogP) is 2.62. The number of methoxy groups -OCH3 is 1. The van der Waals surface area contributed by atoms with Gasteiger partial charge >= 0.3 is 0 Å². The Balaban J connectivity index is 2.40. The van der Waals surface area contributed by atoms with Crippen molar-refractivity contribution in [3.05, 3.63) is 59.3 Å². The van der Waals surface area contributed by atoms with E-state index in [4.69, 9.17) is 4.74 Å². The summed E-state index contributed by atoms with van der Waals surface area (Å²) in [5.41, 5.74) is 3.72. The number of fused-ring (bicyclic) bond motifs is 1. The monoisotopic (exact) mass is 294 g/mol. The number of carboxylic acids is 1. The second kappa shape index (κ2) is 5.22. The standard InChI is InChI=1S/C18H17NO3/c1-11-5-4-6-13(9-11)19-12(2)17(18(20)21)15-10-14(22-3)7-8-16(15)19/h4-10H,1-3H3,(H,20,21)/p-1. The number of carbonyl (C=O) groups is 1. The fourth-order valence-electron chi connectivity index (χ4n) is 2.88. The van der Waals surface area contributed by atoms with Gasteiger partial charge in [0, 0.05) is 22.3 Å². The molecule has 0 unspecified atom stereocenters. The third kappa shape index (κ3) is 2.13. The largest absolute Gasteiger partial charge is 0.545 e. The summed E-state index contributed by atoms with van der Waals surface area (Å²) in [5.74, 6) is -0.557. The van der Waals surface area contributed by atoms with Crippen LogP contribution in [-0.2, 0) is 0 Å². The van der Waals surface area contributed by atoms with E-state index in [1.165, 1.54) is 0 Å². The van der Waals surface area contributed by atoms with Crippen LogP contribution in [0, 0.1) is 13.8 Å². The Morgan fingerprint density at radius 3 is 2.55 bits per heavy atom. The van der Waals surface area contributed by atoms with Gasteiger partial charge in [-0.25, -0.2) is 0 Å². The summed E-state index contributed by atoms with van der Waals surface area (Å²) in [7, 11) is 1.56. The lowest BCUT2D eigenvalue weighted by atomic mass is 10.1. The molecule has 0 bridgehead atoms. The van der Waals surface area contributed by atoms with E-state index in [0.717, 1.165) is 16.8 Å². The average Bonchev–Trinajstić information content (AvgIpc) is 2.78. The highest BCUT2D eigenvalue weighted by atomic mass is 16.5. The first-order valence-electron chi connectivity index (χ1n) is 7.00. The van der Waals surface area contributed by atoms with E-state index < -0.39 is 5.97 Å². The third-order valence-electron chi connectivity index (χ3n) is 3.88. The van der Waals surface area contributed by atoms with Gasteiger partial charge in [0.1, 0.15) is 5.75 Å². The van der Waals surface area contributed by atoms with Crippen molar-refractivity contribution in [3.8, 4) is 11.4 Å². The van der Waals surface area contributed by atoms with Crippen molar-refractivity contribution < 1.29 is 14.6 Å². The van der Waals surface area contributed by atoms with Crippen molar-refractivity contribution in [1.82, 2.24) is 4.57 Å². The number of aryl methyl sites for hydroxylation is 1. The topological polar surface area (TPSA) is 54.3 Å². The molecule has 0 aliphatic heterocycles. The van der Waals surface area contributed by atoms with Gasteiger partial charge in [-0.1, -0.05) is 12.1 Å². The normalized spacial score (nSPS) is 10.9. The minimum absolute atomic E-state index is 0.204. The van der Waals surface area contributed by atoms with Gasteiger partial charge in [-0.15, -0.1) is 0 Å². The number of rotatable bonds is 3. The first kappa shape index (κ1) is 14.2. The van der Waals surface area contributed by atoms with Crippen LogP contribution in [-0.4, -0.2) is 17.6 Å². The molecule has 0 spiro atoms. The molecule has 3 rings (SSSR count). The molecule has 0 amide bonds. The zero-order valence-electron chi connectivity index (χ0n) is 12.7. The van der Waals surface area contributed by atoms with E-state index >= 15 is 0 Å². The Kier molecular flexibility index (Phi) is 3.37. The Bertz CT molecular complexity index is 877. The van der Waals surface area contributed by atoms with Crippen molar-refractivity contribution in [1.29, 1.82) is 0 Å². The quantitative estimate of drug-likeness (QED) is 0.746. The number of nitrogens with zero attached hydrogens (tertiary/aromatic N) is 1. The summed E-state index contributed by atoms with van der Waals surface area (Å²) < 4.78 is 7.15. The Hall–Kier alpha value is -2.75. The van der Waals surface area contributed by atoms with Gasteiger partial charge < -0.3 is 19.2 Å². The van der Waals surface area contributed by atoms with Crippen LogP contribution in [0.2, 0.25) is 0 Å². The van der Waals surface area contributed by atoms with Crippen molar-refractivity contribution in [2.24, 2.45) is 0 Å². The Morgan fingerprint density at radius 1 is 1.14 bits per heavy atom. The minimum Gasteiger partial charge on any atom is -0.545 e. The summed E-state index contributed by atoms with van der Waals surface area (Å²) in [4.78, 5) is 11.6. The molecule has 0 N–H and O–H groups in total. The minimum atomic E-state index is -1.18. The first-order chi connectivity index (χ1) is 10.5. The third-order valence-corrected chi connectivity index (χ3v) is 3.88. The molecule has 1 heterocycles. The highest BCUT2D eigenvalue weighted by Crippen LogP contribution is 2.31. The lowest BCUT2D eigenvalue weighted by Gasteiger charge is -2.10. The molecule has 112 valence electrons. The van der Waals surface area contributed by atoms with Crippen LogP contribution >= 0.6 is 0 Å². The molecule has 4 nitrogen and oxygen atoms in total. The van der Waals surface area contributed by atoms with Crippen LogP contribution in [0.5, 0.6) is 5.75 Å². The molecule has 0 saturated heterocycles. The second-order valence-corrected chi connectivity index (χ2v) is 5.31. The number of carbonyl (C=O) groups excluding carboxylic acids is 1. The van der Waals surface area contributed by atoms with Gasteiger partial charge in [0.05, 0.1) is 18.6 Å². The van der Waals surface area contributed by atoms with E-state index in [1.54, 1.807) is 20.1 Å². The molecule has 0 fully saturated rings. The molecular formula is C18H16NO3-. The van der Waals surface area contributed by atoms with E-state index in [2.05, 4.69) is 0 Å². The number of carboxylic acid groups (broad SMARTS) is 1. The molecule has 0 atom stereocenters. The van der Waals surface area contributed by atoms with Gasteiger partial charge in [0.2, 0.25) is 0 Å². The van der Waals surface area contributed by atoms with Crippen LogP contribution in [0.4, 0.5) is 0 Å². The zero-order chi connectivity index (χ0) is 15.9. The smallest absolute Gasteiger partial charge is 0.119 e. The maximum atomic E-state index is 11.6. The van der Waals surface area contributed by atoms with Gasteiger partial charge in [-0.3, -0.25) is 0 Å². The number of benzene rings is 2. The second-order valence-electron chi connectivity index (χ2n) is 5.31. The fraction of sp³-hybridized carbons (Fsp3) is 0.167. The first-order valence-corrected chi connectivity index (χ1v) is 7.00. The summed E-state index contributed by atoms with van der Waals surface area (Å²) in [5, 5.41) is 12.2. The van der Waals surface area contributed by atoms with Crippen LogP contribution in [0.3, 0.4) is 0 Å². The Morgan fingerprint density at radius 2 is 1.91 bits per heavy atom. The number of hydrogen-bond donors (Lipinski definition) is 0. The average molecular weight is 294 g/mol. The molecule has 3 aromatic rings. The predicted molar refractivity (Wildman–Crippen MR) is 83.6 cm³/mol. The number of hydrogen-bond acceptors (Lipinski definition) is 3.